The second-order valence-corrected chi connectivity index (χ2v) is 11.1. The maximum Gasteiger partial charge on any atom is 0.272 e. The van der Waals surface area contributed by atoms with Crippen molar-refractivity contribution < 1.29 is 52.7 Å². The van der Waals surface area contributed by atoms with E-state index in [0.29, 0.717) is 16.3 Å². The maximum atomic E-state index is 14.9. The monoisotopic (exact) mass is 638 g/mol. The van der Waals surface area contributed by atoms with E-state index >= 15 is 0 Å². The molecule has 0 spiro atoms. The zero-order valence-electron chi connectivity index (χ0n) is 23.8. The van der Waals surface area contributed by atoms with Crippen molar-refractivity contribution in [1.29, 1.82) is 0 Å². The molecule has 2 aliphatic heterocycles. The Morgan fingerprint density at radius 1 is 1.09 bits per heavy atom. The first-order valence-corrected chi connectivity index (χ1v) is 14.3. The molecule has 8 atom stereocenters. The highest BCUT2D eigenvalue weighted by atomic mass is 35.5. The zero-order valence-corrected chi connectivity index (χ0v) is 24.5. The molecule has 14 heteroatoms. The number of hydrogen-bond donors (Lipinski definition) is 5. The van der Waals surface area contributed by atoms with Crippen molar-refractivity contribution in [1.82, 2.24) is 10.8 Å². The van der Waals surface area contributed by atoms with Gasteiger partial charge in [0, 0.05) is 17.0 Å². The number of halogens is 3. The van der Waals surface area contributed by atoms with Crippen LogP contribution >= 0.6 is 11.6 Å². The van der Waals surface area contributed by atoms with E-state index in [0.717, 1.165) is 11.6 Å². The molecule has 44 heavy (non-hydrogen) atoms. The van der Waals surface area contributed by atoms with Crippen LogP contribution in [0.4, 0.5) is 8.78 Å². The van der Waals surface area contributed by atoms with Crippen LogP contribution in [0.5, 0.6) is 5.75 Å². The Morgan fingerprint density at radius 2 is 1.82 bits per heavy atom. The lowest BCUT2D eigenvalue weighted by atomic mass is 9.83. The van der Waals surface area contributed by atoms with Gasteiger partial charge in [0.15, 0.2) is 17.7 Å². The third-order valence-electron chi connectivity index (χ3n) is 7.61. The van der Waals surface area contributed by atoms with Gasteiger partial charge >= 0.3 is 0 Å². The average molecular weight is 639 g/mol. The van der Waals surface area contributed by atoms with Crippen molar-refractivity contribution in [3.8, 4) is 5.75 Å². The Morgan fingerprint density at radius 3 is 2.55 bits per heavy atom. The summed E-state index contributed by atoms with van der Waals surface area (Å²) in [5.74, 6) is -1.48. The van der Waals surface area contributed by atoms with Crippen LogP contribution in [0.2, 0.25) is 5.02 Å². The molecular formula is C30H33ClF2N2O9. The van der Waals surface area contributed by atoms with Crippen LogP contribution in [0.15, 0.2) is 59.5 Å². The van der Waals surface area contributed by atoms with Gasteiger partial charge in [-0.05, 0) is 49.2 Å². The number of nitrogens with one attached hydrogen (secondary N) is 2. The lowest BCUT2D eigenvalue weighted by Gasteiger charge is -2.41. The number of hydrogen-bond acceptors (Lipinski definition) is 10. The number of alkyl halides is 1. The largest absolute Gasteiger partial charge is 0.454 e. The number of carbonyl (C=O) groups excluding carboxylic acids is 1. The number of benzene rings is 2. The number of fused-ring (bicyclic) bond motifs is 1. The summed E-state index contributed by atoms with van der Waals surface area (Å²) in [5.41, 5.74) is 4.30. The summed E-state index contributed by atoms with van der Waals surface area (Å²) in [6, 6.07) is 9.78. The number of hydroxylamine groups is 1. The van der Waals surface area contributed by atoms with Gasteiger partial charge in [0.1, 0.15) is 49.7 Å². The van der Waals surface area contributed by atoms with E-state index in [-0.39, 0.29) is 36.9 Å². The molecule has 2 aromatic rings. The highest BCUT2D eigenvalue weighted by Gasteiger charge is 2.53. The van der Waals surface area contributed by atoms with Crippen LogP contribution in [-0.4, -0.2) is 77.0 Å². The first-order chi connectivity index (χ1) is 21.0. The van der Waals surface area contributed by atoms with Crippen molar-refractivity contribution in [2.75, 3.05) is 6.79 Å². The Hall–Kier alpha value is -3.30. The molecule has 0 aromatic heterocycles. The van der Waals surface area contributed by atoms with E-state index in [1.54, 1.807) is 19.1 Å². The predicted octanol–water partition coefficient (Wildman–Crippen LogP) is 2.62. The number of amides is 1. The summed E-state index contributed by atoms with van der Waals surface area (Å²) < 4.78 is 51.2. The van der Waals surface area contributed by atoms with Gasteiger partial charge in [-0.15, -0.1) is 0 Å². The van der Waals surface area contributed by atoms with Crippen molar-refractivity contribution in [3.05, 3.63) is 81.5 Å². The number of ether oxygens (including phenoxy) is 4. The lowest BCUT2D eigenvalue weighted by molar-refractivity contribution is -0.155. The molecule has 238 valence electrons. The fraction of sp³-hybridized carbons (Fsp3) is 0.433. The predicted molar refractivity (Wildman–Crippen MR) is 152 cm³/mol. The number of allylic oxidation sites excluding steroid dienone is 2. The summed E-state index contributed by atoms with van der Waals surface area (Å²) in [7, 11) is 0. The smallest absolute Gasteiger partial charge is 0.272 e. The molecule has 5 N–H and O–H groups in total. The van der Waals surface area contributed by atoms with Crippen LogP contribution in [0.3, 0.4) is 0 Å². The molecule has 3 aliphatic rings. The molecule has 1 aliphatic carbocycles. The summed E-state index contributed by atoms with van der Waals surface area (Å²) in [6.45, 7) is 3.10. The van der Waals surface area contributed by atoms with Crippen LogP contribution in [0, 0.1) is 5.82 Å². The molecule has 0 bridgehead atoms. The van der Waals surface area contributed by atoms with Crippen molar-refractivity contribution in [3.63, 3.8) is 0 Å². The number of rotatable bonds is 9. The van der Waals surface area contributed by atoms with E-state index in [1.807, 2.05) is 12.1 Å². The van der Waals surface area contributed by atoms with Gasteiger partial charge < -0.3 is 39.6 Å². The van der Waals surface area contributed by atoms with E-state index < -0.39 is 60.7 Å². The fourth-order valence-corrected chi connectivity index (χ4v) is 5.32. The molecule has 2 saturated heterocycles. The maximum absolute atomic E-state index is 14.9. The van der Waals surface area contributed by atoms with Gasteiger partial charge in [0.05, 0.1) is 11.7 Å². The van der Waals surface area contributed by atoms with E-state index in [2.05, 4.69) is 10.8 Å². The molecule has 11 nitrogen and oxygen atoms in total. The molecule has 2 aromatic carbocycles. The minimum absolute atomic E-state index is 0.113. The third kappa shape index (κ3) is 6.99. The molecule has 0 unspecified atom stereocenters. The number of carbonyl (C=O) groups is 1. The highest BCUT2D eigenvalue weighted by Crippen LogP contribution is 2.32. The highest BCUT2D eigenvalue weighted by molar-refractivity contribution is 6.31. The fourth-order valence-electron chi connectivity index (χ4n) is 5.13. The van der Waals surface area contributed by atoms with Gasteiger partial charge in [0.25, 0.3) is 6.29 Å². The van der Waals surface area contributed by atoms with Gasteiger partial charge in [-0.1, -0.05) is 35.9 Å². The summed E-state index contributed by atoms with van der Waals surface area (Å²) in [5, 5.41) is 34.3. The Balaban J connectivity index is 1.16. The molecule has 0 radical (unpaired) electrons. The second-order valence-electron chi connectivity index (χ2n) is 10.7. The number of aliphatic hydroxyl groups is 3. The average Bonchev–Trinajstić information content (AvgIpc) is 3.64. The van der Waals surface area contributed by atoms with Crippen LogP contribution in [0.1, 0.15) is 31.4 Å². The van der Waals surface area contributed by atoms with E-state index in [1.165, 1.54) is 25.1 Å². The molecule has 3 fully saturated rings. The molecular weight excluding hydrogens is 606 g/mol. The summed E-state index contributed by atoms with van der Waals surface area (Å²) in [4.78, 5) is 18.2. The Labute approximate surface area is 256 Å². The molecule has 1 saturated carbocycles. The Bertz CT molecular complexity index is 1430. The van der Waals surface area contributed by atoms with Gasteiger partial charge in [-0.25, -0.2) is 8.78 Å². The van der Waals surface area contributed by atoms with Crippen molar-refractivity contribution in [2.24, 2.45) is 0 Å². The van der Waals surface area contributed by atoms with Crippen LogP contribution in [0.25, 0.3) is 6.08 Å². The molecule has 5 rings (SSSR count). The normalized spacial score (nSPS) is 31.2. The van der Waals surface area contributed by atoms with Crippen molar-refractivity contribution in [2.45, 2.75) is 75.9 Å². The minimum Gasteiger partial charge on any atom is -0.454 e. The van der Waals surface area contributed by atoms with Gasteiger partial charge in [-0.3, -0.25) is 15.1 Å². The van der Waals surface area contributed by atoms with Crippen molar-refractivity contribution >= 4 is 23.6 Å². The SMILES string of the molecule is CC(=Cc1ccc(O[C@@H]2OC(=C(C)NOCc3ccccc3Cl)C[C@@H]2F)c(F)c1)C(=O)N[C@@H]1[C@H](O)[C@@H](O)[C@H]2OCO[C@H]2[C@@H]1O. The van der Waals surface area contributed by atoms with E-state index in [4.69, 9.17) is 35.4 Å². The first kappa shape index (κ1) is 32.1. The first-order valence-electron chi connectivity index (χ1n) is 13.9. The second kappa shape index (κ2) is 13.8. The zero-order chi connectivity index (χ0) is 31.5. The van der Waals surface area contributed by atoms with Gasteiger partial charge in [-0.2, -0.15) is 0 Å². The summed E-state index contributed by atoms with van der Waals surface area (Å²) >= 11 is 6.11. The Kier molecular flexibility index (Phi) is 10.1. The van der Waals surface area contributed by atoms with Crippen LogP contribution < -0.4 is 15.5 Å². The third-order valence-corrected chi connectivity index (χ3v) is 7.97. The topological polar surface area (TPSA) is 148 Å². The molecule has 2 heterocycles. The minimum atomic E-state index is -1.57. The standard InChI is InChI=1S/C30H33ClF2N2O9/c1-14(29(39)34-23-24(36)26(38)28-27(25(23)37)40-13-41-28)9-16-7-8-21(19(32)10-16)43-30-20(33)11-22(44-30)15(2)35-42-12-17-5-3-4-6-18(17)31/h3-10,20,23-28,30,35-38H,11-13H2,1-2H3,(H,34,39)/t20-,23+,24-,25+,26+,27-,28+,30+/m0/s1. The lowest BCUT2D eigenvalue weighted by Crippen LogP contribution is -2.67. The number of aliphatic hydroxyl groups excluding tert-OH is 3. The van der Waals surface area contributed by atoms with Crippen LogP contribution in [-0.2, 0) is 30.4 Å². The quantitative estimate of drug-likeness (QED) is 0.205. The van der Waals surface area contributed by atoms with E-state index in [9.17, 15) is 28.9 Å². The summed E-state index contributed by atoms with van der Waals surface area (Å²) in [6.07, 6.45) is -7.77. The molecule has 1 amide bonds. The van der Waals surface area contributed by atoms with Gasteiger partial charge in [0.2, 0.25) is 5.91 Å².